The Morgan fingerprint density at radius 3 is 2.18 bits per heavy atom. The lowest BCUT2D eigenvalue weighted by Crippen LogP contribution is -2.50. The zero-order chi connectivity index (χ0) is 20.5. The molecule has 28 heavy (non-hydrogen) atoms. The zero-order valence-corrected chi connectivity index (χ0v) is 18.2. The molecule has 1 aliphatic heterocycles. The molecule has 1 aliphatic rings. The van der Waals surface area contributed by atoms with Crippen LogP contribution in [0.1, 0.15) is 35.7 Å². The molecule has 1 amide bonds. The largest absolute Gasteiger partial charge is 0.507 e. The van der Waals surface area contributed by atoms with Crippen molar-refractivity contribution in [1.29, 1.82) is 0 Å². The second kappa shape index (κ2) is 8.23. The summed E-state index contributed by atoms with van der Waals surface area (Å²) in [5.74, 6) is -0.0654. The van der Waals surface area contributed by atoms with Crippen LogP contribution in [0.25, 0.3) is 0 Å². The van der Waals surface area contributed by atoms with Gasteiger partial charge in [0.2, 0.25) is 10.0 Å². The van der Waals surface area contributed by atoms with Gasteiger partial charge in [0, 0.05) is 30.7 Å². The molecule has 2 aromatic rings. The molecule has 150 valence electrons. The van der Waals surface area contributed by atoms with E-state index >= 15 is 0 Å². The van der Waals surface area contributed by atoms with Crippen LogP contribution in [0.15, 0.2) is 51.8 Å². The Labute approximate surface area is 174 Å². The Morgan fingerprint density at radius 1 is 1.04 bits per heavy atom. The number of piperazine rings is 1. The monoisotopic (exact) mass is 466 g/mol. The molecule has 3 rings (SSSR count). The van der Waals surface area contributed by atoms with Gasteiger partial charge in [-0.3, -0.25) is 4.79 Å². The molecule has 0 spiro atoms. The summed E-state index contributed by atoms with van der Waals surface area (Å²) in [7, 11) is -3.59. The van der Waals surface area contributed by atoms with Gasteiger partial charge in [-0.2, -0.15) is 4.31 Å². The Balaban J connectivity index is 1.69. The van der Waals surface area contributed by atoms with E-state index in [9.17, 15) is 18.3 Å². The number of hydrogen-bond acceptors (Lipinski definition) is 4. The van der Waals surface area contributed by atoms with Gasteiger partial charge in [0.25, 0.3) is 5.91 Å². The van der Waals surface area contributed by atoms with Crippen molar-refractivity contribution in [2.45, 2.75) is 24.7 Å². The highest BCUT2D eigenvalue weighted by atomic mass is 79.9. The maximum Gasteiger partial charge on any atom is 0.257 e. The standard InChI is InChI=1S/C20H23BrN2O4S/c1-14(2)15-3-6-17(7-4-15)28(26,27)23-11-9-22(10-12-23)20(25)18-8-5-16(21)13-19(18)24/h3-8,13-14,24H,9-12H2,1-2H3. The first-order valence-electron chi connectivity index (χ1n) is 9.08. The molecule has 0 radical (unpaired) electrons. The molecule has 6 nitrogen and oxygen atoms in total. The van der Waals surface area contributed by atoms with Crippen molar-refractivity contribution < 1.29 is 18.3 Å². The molecule has 0 aromatic heterocycles. The van der Waals surface area contributed by atoms with E-state index in [-0.39, 0.29) is 48.3 Å². The number of amides is 1. The average molecular weight is 467 g/mol. The smallest absolute Gasteiger partial charge is 0.257 e. The van der Waals surface area contributed by atoms with E-state index in [4.69, 9.17) is 0 Å². The normalized spacial score (nSPS) is 15.8. The van der Waals surface area contributed by atoms with Crippen molar-refractivity contribution in [3.63, 3.8) is 0 Å². The van der Waals surface area contributed by atoms with E-state index in [1.54, 1.807) is 29.2 Å². The second-order valence-electron chi connectivity index (χ2n) is 7.08. The second-order valence-corrected chi connectivity index (χ2v) is 9.94. The van der Waals surface area contributed by atoms with Gasteiger partial charge in [-0.1, -0.05) is 41.9 Å². The Morgan fingerprint density at radius 2 is 1.64 bits per heavy atom. The van der Waals surface area contributed by atoms with Gasteiger partial charge < -0.3 is 10.0 Å². The average Bonchev–Trinajstić information content (AvgIpc) is 2.67. The van der Waals surface area contributed by atoms with Crippen molar-refractivity contribution in [2.24, 2.45) is 0 Å². The number of nitrogens with zero attached hydrogens (tertiary/aromatic N) is 2. The van der Waals surface area contributed by atoms with Crippen LogP contribution >= 0.6 is 15.9 Å². The highest BCUT2D eigenvalue weighted by Crippen LogP contribution is 2.25. The van der Waals surface area contributed by atoms with E-state index < -0.39 is 10.0 Å². The van der Waals surface area contributed by atoms with Gasteiger partial charge in [-0.15, -0.1) is 0 Å². The van der Waals surface area contributed by atoms with Crippen LogP contribution in [0.3, 0.4) is 0 Å². The Bertz CT molecular complexity index is 966. The third-order valence-electron chi connectivity index (χ3n) is 4.90. The number of aromatic hydroxyl groups is 1. The minimum absolute atomic E-state index is 0.0975. The number of benzene rings is 2. The van der Waals surface area contributed by atoms with Gasteiger partial charge in [-0.25, -0.2) is 8.42 Å². The number of phenolic OH excluding ortho intramolecular Hbond substituents is 1. The highest BCUT2D eigenvalue weighted by Gasteiger charge is 2.31. The minimum Gasteiger partial charge on any atom is -0.507 e. The van der Waals surface area contributed by atoms with Crippen LogP contribution < -0.4 is 0 Å². The maximum absolute atomic E-state index is 12.9. The zero-order valence-electron chi connectivity index (χ0n) is 15.8. The summed E-state index contributed by atoms with van der Waals surface area (Å²) in [5, 5.41) is 10.00. The number of phenols is 1. The first-order chi connectivity index (χ1) is 13.2. The third-order valence-corrected chi connectivity index (χ3v) is 7.31. The van der Waals surface area contributed by atoms with Crippen LogP contribution in [-0.4, -0.2) is 54.8 Å². The first kappa shape index (κ1) is 20.8. The van der Waals surface area contributed by atoms with Crippen LogP contribution in [-0.2, 0) is 10.0 Å². The molecule has 1 fully saturated rings. The minimum atomic E-state index is -3.59. The summed E-state index contributed by atoms with van der Waals surface area (Å²) < 4.78 is 27.9. The molecule has 1 N–H and O–H groups in total. The van der Waals surface area contributed by atoms with Gasteiger partial charge in [0.1, 0.15) is 5.75 Å². The molecule has 1 saturated heterocycles. The molecule has 0 saturated carbocycles. The van der Waals surface area contributed by atoms with Crippen LogP contribution in [0.4, 0.5) is 0 Å². The molecule has 1 heterocycles. The molecule has 8 heteroatoms. The van der Waals surface area contributed by atoms with Crippen molar-refractivity contribution in [1.82, 2.24) is 9.21 Å². The molecular formula is C20H23BrN2O4S. The molecule has 2 aromatic carbocycles. The number of hydrogen-bond donors (Lipinski definition) is 1. The predicted octanol–water partition coefficient (Wildman–Crippen LogP) is 3.42. The molecule has 0 atom stereocenters. The van der Waals surface area contributed by atoms with E-state index in [1.807, 2.05) is 12.1 Å². The number of rotatable bonds is 4. The van der Waals surface area contributed by atoms with E-state index in [1.165, 1.54) is 10.4 Å². The van der Waals surface area contributed by atoms with Crippen LogP contribution in [0.5, 0.6) is 5.75 Å². The van der Waals surface area contributed by atoms with Crippen molar-refractivity contribution >= 4 is 31.9 Å². The summed E-state index contributed by atoms with van der Waals surface area (Å²) >= 11 is 3.25. The predicted molar refractivity (Wildman–Crippen MR) is 111 cm³/mol. The first-order valence-corrected chi connectivity index (χ1v) is 11.3. The fraction of sp³-hybridized carbons (Fsp3) is 0.350. The van der Waals surface area contributed by atoms with E-state index in [2.05, 4.69) is 29.8 Å². The number of halogens is 1. The molecular weight excluding hydrogens is 444 g/mol. The van der Waals surface area contributed by atoms with Crippen molar-refractivity contribution in [3.05, 3.63) is 58.1 Å². The fourth-order valence-electron chi connectivity index (χ4n) is 3.16. The van der Waals surface area contributed by atoms with E-state index in [0.717, 1.165) is 5.56 Å². The summed E-state index contributed by atoms with van der Waals surface area (Å²) in [4.78, 5) is 14.5. The Hall–Kier alpha value is -1.90. The molecule has 0 unspecified atom stereocenters. The summed E-state index contributed by atoms with van der Waals surface area (Å²) in [6.07, 6.45) is 0. The number of sulfonamides is 1. The quantitative estimate of drug-likeness (QED) is 0.748. The SMILES string of the molecule is CC(C)c1ccc(S(=O)(=O)N2CCN(C(=O)c3ccc(Br)cc3O)CC2)cc1. The van der Waals surface area contributed by atoms with Gasteiger partial charge in [0.15, 0.2) is 0 Å². The van der Waals surface area contributed by atoms with Crippen molar-refractivity contribution in [3.8, 4) is 5.75 Å². The number of carbonyl (C=O) groups is 1. The third kappa shape index (κ3) is 4.24. The van der Waals surface area contributed by atoms with Crippen LogP contribution in [0.2, 0.25) is 0 Å². The van der Waals surface area contributed by atoms with Gasteiger partial charge in [0.05, 0.1) is 10.5 Å². The fourth-order valence-corrected chi connectivity index (χ4v) is 4.93. The van der Waals surface area contributed by atoms with E-state index in [0.29, 0.717) is 10.4 Å². The van der Waals surface area contributed by atoms with Gasteiger partial charge >= 0.3 is 0 Å². The highest BCUT2D eigenvalue weighted by molar-refractivity contribution is 9.10. The Kier molecular flexibility index (Phi) is 6.12. The molecule has 0 aliphatic carbocycles. The topological polar surface area (TPSA) is 77.9 Å². The lowest BCUT2D eigenvalue weighted by molar-refractivity contribution is 0.0695. The lowest BCUT2D eigenvalue weighted by atomic mass is 10.0. The molecule has 0 bridgehead atoms. The lowest BCUT2D eigenvalue weighted by Gasteiger charge is -2.34. The van der Waals surface area contributed by atoms with Crippen LogP contribution in [0, 0.1) is 0 Å². The van der Waals surface area contributed by atoms with Gasteiger partial charge in [-0.05, 0) is 41.8 Å². The summed E-state index contributed by atoms with van der Waals surface area (Å²) in [6, 6.07) is 11.7. The maximum atomic E-state index is 12.9. The summed E-state index contributed by atoms with van der Waals surface area (Å²) in [6.45, 7) is 5.11. The number of carbonyl (C=O) groups excluding carboxylic acids is 1. The summed E-state index contributed by atoms with van der Waals surface area (Å²) in [5.41, 5.74) is 1.30. The van der Waals surface area contributed by atoms with Crippen molar-refractivity contribution in [2.75, 3.05) is 26.2 Å².